The second kappa shape index (κ2) is 10.7. The van der Waals surface area contributed by atoms with Gasteiger partial charge in [-0.3, -0.25) is 0 Å². The topological polar surface area (TPSA) is 36.9 Å². The van der Waals surface area contributed by atoms with Crippen LogP contribution in [-0.2, 0) is 37.5 Å². The van der Waals surface area contributed by atoms with Gasteiger partial charge in [0.2, 0.25) is 0 Å². The molecule has 4 nitrogen and oxygen atoms in total. The van der Waals surface area contributed by atoms with Crippen molar-refractivity contribution in [2.24, 2.45) is 0 Å². The quantitative estimate of drug-likeness (QED) is 0.382. The van der Waals surface area contributed by atoms with E-state index in [-0.39, 0.29) is 0 Å². The summed E-state index contributed by atoms with van der Waals surface area (Å²) in [7, 11) is -3.48. The molecule has 3 rings (SSSR count). The summed E-state index contributed by atoms with van der Waals surface area (Å²) in [6.45, 7) is 7.02. The minimum absolute atomic E-state index is 0.354. The van der Waals surface area contributed by atoms with Crippen LogP contribution in [0.4, 0.5) is 0 Å². The zero-order valence-electron chi connectivity index (χ0n) is 17.9. The molecular weight excluding hydrogens is 392 g/mol. The van der Waals surface area contributed by atoms with Crippen molar-refractivity contribution in [2.45, 2.75) is 46.2 Å². The second-order valence-corrected chi connectivity index (χ2v) is 10.1. The minimum Gasteiger partial charge on any atom is -0.347 e. The molecule has 0 bridgehead atoms. The third-order valence-electron chi connectivity index (χ3n) is 4.21. The molecule has 0 heterocycles. The van der Waals surface area contributed by atoms with Crippen LogP contribution >= 0.6 is 0 Å². The average molecular weight is 423 g/mol. The van der Waals surface area contributed by atoms with Crippen molar-refractivity contribution in [3.63, 3.8) is 0 Å². The first-order valence-corrected chi connectivity index (χ1v) is 11.8. The molecule has 3 aromatic carbocycles. The average Bonchev–Trinajstić information content (AvgIpc) is 2.76. The summed E-state index contributed by atoms with van der Waals surface area (Å²) in [4.78, 5) is 0. The largest absolute Gasteiger partial charge is 0.681 e. The fourth-order valence-electron chi connectivity index (χ4n) is 2.83. The lowest BCUT2D eigenvalue weighted by molar-refractivity contribution is -0.0872. The first-order valence-electron chi connectivity index (χ1n) is 10.2. The Morgan fingerprint density at radius 3 is 1.10 bits per heavy atom. The van der Waals surface area contributed by atoms with Crippen LogP contribution in [0.25, 0.3) is 0 Å². The summed E-state index contributed by atoms with van der Waals surface area (Å²) < 4.78 is 25.3. The van der Waals surface area contributed by atoms with Crippen molar-refractivity contribution >= 4 is 9.05 Å². The molecular formula is C25H30O4Si. The van der Waals surface area contributed by atoms with Gasteiger partial charge in [0.05, 0.1) is 25.4 Å². The van der Waals surface area contributed by atoms with Gasteiger partial charge in [-0.2, -0.15) is 0 Å². The molecule has 0 aromatic heterocycles. The molecule has 0 saturated carbocycles. The Kier molecular flexibility index (Phi) is 7.96. The molecule has 0 radical (unpaired) electrons. The van der Waals surface area contributed by atoms with Gasteiger partial charge in [0.25, 0.3) is 0 Å². The molecule has 158 valence electrons. The number of benzene rings is 3. The van der Waals surface area contributed by atoms with Crippen LogP contribution in [0.3, 0.4) is 0 Å². The molecule has 0 aliphatic heterocycles. The summed E-state index contributed by atoms with van der Waals surface area (Å²) in [6, 6.07) is 30.0. The Morgan fingerprint density at radius 1 is 0.533 bits per heavy atom. The van der Waals surface area contributed by atoms with Gasteiger partial charge in [-0.25, -0.2) is 0 Å². The van der Waals surface area contributed by atoms with E-state index in [0.717, 1.165) is 16.7 Å². The zero-order chi connectivity index (χ0) is 21.3. The SMILES string of the molecule is CC(C)(C)O[Si](OCc1ccccc1)(OCc1ccccc1)OCc1ccccc1. The molecule has 0 saturated heterocycles. The molecule has 0 amide bonds. The van der Waals surface area contributed by atoms with Gasteiger partial charge in [-0.15, -0.1) is 0 Å². The predicted octanol–water partition coefficient (Wildman–Crippen LogP) is 5.89. The van der Waals surface area contributed by atoms with E-state index >= 15 is 0 Å². The van der Waals surface area contributed by atoms with Crippen LogP contribution in [0.1, 0.15) is 37.5 Å². The molecule has 0 aliphatic carbocycles. The molecule has 0 fully saturated rings. The maximum atomic E-state index is 6.36. The third kappa shape index (κ3) is 7.52. The lowest BCUT2D eigenvalue weighted by atomic mass is 10.2. The maximum absolute atomic E-state index is 6.36. The van der Waals surface area contributed by atoms with E-state index in [9.17, 15) is 0 Å². The highest BCUT2D eigenvalue weighted by atomic mass is 28.4. The van der Waals surface area contributed by atoms with Crippen LogP contribution in [0.2, 0.25) is 0 Å². The number of rotatable bonds is 10. The molecule has 0 aliphatic rings. The lowest BCUT2D eigenvalue weighted by Gasteiger charge is -2.34. The highest BCUT2D eigenvalue weighted by Crippen LogP contribution is 2.25. The molecule has 0 spiro atoms. The van der Waals surface area contributed by atoms with Crippen molar-refractivity contribution in [1.29, 1.82) is 0 Å². The van der Waals surface area contributed by atoms with Gasteiger partial charge in [-0.1, -0.05) is 91.0 Å². The van der Waals surface area contributed by atoms with E-state index in [0.29, 0.717) is 19.8 Å². The highest BCUT2D eigenvalue weighted by molar-refractivity contribution is 6.53. The summed E-state index contributed by atoms with van der Waals surface area (Å²) >= 11 is 0. The molecule has 0 atom stereocenters. The minimum atomic E-state index is -3.48. The van der Waals surface area contributed by atoms with Crippen LogP contribution in [0.5, 0.6) is 0 Å². The van der Waals surface area contributed by atoms with Crippen molar-refractivity contribution in [3.8, 4) is 0 Å². The smallest absolute Gasteiger partial charge is 0.347 e. The molecule has 30 heavy (non-hydrogen) atoms. The molecule has 0 N–H and O–H groups in total. The fraction of sp³-hybridized carbons (Fsp3) is 0.280. The molecule has 5 heteroatoms. The first-order chi connectivity index (χ1) is 14.4. The van der Waals surface area contributed by atoms with Crippen molar-refractivity contribution in [1.82, 2.24) is 0 Å². The summed E-state index contributed by atoms with van der Waals surface area (Å²) in [5, 5.41) is 0. The number of hydrogen-bond acceptors (Lipinski definition) is 4. The van der Waals surface area contributed by atoms with E-state index in [1.807, 2.05) is 112 Å². The van der Waals surface area contributed by atoms with Gasteiger partial charge in [0, 0.05) is 0 Å². The third-order valence-corrected chi connectivity index (χ3v) is 6.56. The van der Waals surface area contributed by atoms with Gasteiger partial charge in [0.1, 0.15) is 0 Å². The Balaban J connectivity index is 1.82. The summed E-state index contributed by atoms with van der Waals surface area (Å²) in [5.74, 6) is 0. The Labute approximate surface area is 180 Å². The highest BCUT2D eigenvalue weighted by Gasteiger charge is 2.49. The van der Waals surface area contributed by atoms with Crippen LogP contribution in [0, 0.1) is 0 Å². The van der Waals surface area contributed by atoms with E-state index in [2.05, 4.69) is 0 Å². The van der Waals surface area contributed by atoms with Gasteiger partial charge < -0.3 is 17.7 Å². The second-order valence-electron chi connectivity index (χ2n) is 8.04. The summed E-state index contributed by atoms with van der Waals surface area (Å²) in [5.41, 5.74) is 2.63. The van der Waals surface area contributed by atoms with E-state index < -0.39 is 14.6 Å². The van der Waals surface area contributed by atoms with Crippen LogP contribution in [-0.4, -0.2) is 14.6 Å². The van der Waals surface area contributed by atoms with Crippen molar-refractivity contribution < 1.29 is 17.7 Å². The van der Waals surface area contributed by atoms with Crippen molar-refractivity contribution in [3.05, 3.63) is 108 Å². The maximum Gasteiger partial charge on any atom is 0.681 e. The Morgan fingerprint density at radius 2 is 0.833 bits per heavy atom. The summed E-state index contributed by atoms with van der Waals surface area (Å²) in [6.07, 6.45) is 0. The van der Waals surface area contributed by atoms with Crippen LogP contribution in [0.15, 0.2) is 91.0 Å². The predicted molar refractivity (Wildman–Crippen MR) is 120 cm³/mol. The zero-order valence-corrected chi connectivity index (χ0v) is 18.9. The van der Waals surface area contributed by atoms with E-state index in [1.165, 1.54) is 0 Å². The molecule has 3 aromatic rings. The van der Waals surface area contributed by atoms with Crippen LogP contribution < -0.4 is 0 Å². The van der Waals surface area contributed by atoms with E-state index in [1.54, 1.807) is 0 Å². The lowest BCUT2D eigenvalue weighted by Crippen LogP contribution is -2.53. The standard InChI is InChI=1S/C25H30O4Si/c1-25(2,3)29-30(26-19-22-13-7-4-8-14-22,27-20-23-15-9-5-10-16-23)28-21-24-17-11-6-12-18-24/h4-18H,19-21H2,1-3H3. The first kappa shape index (κ1) is 22.4. The Bertz CT molecular complexity index is 758. The van der Waals surface area contributed by atoms with Gasteiger partial charge >= 0.3 is 9.05 Å². The van der Waals surface area contributed by atoms with Gasteiger partial charge in [0.15, 0.2) is 0 Å². The van der Waals surface area contributed by atoms with Gasteiger partial charge in [-0.05, 0) is 37.5 Å². The van der Waals surface area contributed by atoms with E-state index in [4.69, 9.17) is 17.7 Å². The fourth-order valence-corrected chi connectivity index (χ4v) is 5.03. The Hall–Kier alpha value is -2.28. The normalized spacial score (nSPS) is 12.1. The molecule has 0 unspecified atom stereocenters. The monoisotopic (exact) mass is 422 g/mol. The number of hydrogen-bond donors (Lipinski definition) is 0. The van der Waals surface area contributed by atoms with Crippen molar-refractivity contribution in [2.75, 3.05) is 0 Å².